The number of rotatable bonds is 24. The Morgan fingerprint density at radius 3 is 2.08 bits per heavy atom. The Hall–Kier alpha value is -6.80. The molecule has 7 aromatic rings. The molecule has 0 saturated heterocycles. The van der Waals surface area contributed by atoms with Gasteiger partial charge in [-0.3, -0.25) is 14.5 Å². The third-order valence-corrected chi connectivity index (χ3v) is 11.3. The lowest BCUT2D eigenvalue weighted by Gasteiger charge is -2.23. The van der Waals surface area contributed by atoms with Crippen molar-refractivity contribution in [3.8, 4) is 22.6 Å². The molecule has 1 amide bonds. The number of aryl methyl sites for hydroxylation is 2. The summed E-state index contributed by atoms with van der Waals surface area (Å²) in [5, 5.41) is 25.5. The van der Waals surface area contributed by atoms with Gasteiger partial charge in [0.25, 0.3) is 0 Å². The van der Waals surface area contributed by atoms with Gasteiger partial charge in [-0.2, -0.15) is 0 Å². The molecule has 2 aromatic heterocycles. The minimum atomic E-state index is -0.622. The summed E-state index contributed by atoms with van der Waals surface area (Å²) in [6.07, 6.45) is 9.59. The highest BCUT2D eigenvalue weighted by atomic mass is 16.5. The zero-order chi connectivity index (χ0) is 44.7. The number of nitrogens with zero attached hydrogens (tertiary/aromatic N) is 7. The maximum atomic E-state index is 14.2. The molecule has 5 aromatic carbocycles. The fourth-order valence-electron chi connectivity index (χ4n) is 7.95. The van der Waals surface area contributed by atoms with Crippen LogP contribution in [-0.4, -0.2) is 67.6 Å². The molecule has 7 N–H and O–H groups in total. The first-order valence-corrected chi connectivity index (χ1v) is 22.4. The number of nitrogens with two attached hydrogens (primary N) is 3. The number of aromatic nitrogens is 6. The summed E-state index contributed by atoms with van der Waals surface area (Å²) in [6, 6.07) is 34.4. The smallest absolute Gasteiger partial charge is 0.245 e. The number of ether oxygens (including phenoxy) is 2. The molecule has 2 heterocycles. The van der Waals surface area contributed by atoms with E-state index in [4.69, 9.17) is 26.7 Å². The van der Waals surface area contributed by atoms with Gasteiger partial charge in [0.05, 0.1) is 25.0 Å². The maximum Gasteiger partial charge on any atom is 0.245 e. The summed E-state index contributed by atoms with van der Waals surface area (Å²) in [4.78, 5) is 18.3. The quantitative estimate of drug-likeness (QED) is 0.0267. The first-order chi connectivity index (χ1) is 31.2. The lowest BCUT2D eigenvalue weighted by molar-refractivity contribution is -0.125. The number of benzene rings is 5. The highest BCUT2D eigenvalue weighted by Crippen LogP contribution is 2.45. The van der Waals surface area contributed by atoms with Gasteiger partial charge in [0.1, 0.15) is 29.8 Å². The standard InChI is InChI=1S/C50H61N11O3/c1-35(2)27-30-63-45-25-22-37-15-6-8-18-42(37)47(45)48-43-19-9-7-16-38(43)23-26-46(48)64-34-41-32-60(58-57-41)31-39(17-10-11-28-51)55-49(62)44(20-12-29-54-50(52)53)61-33-40(56-59-61)24-21-36-13-4-3-5-14-36/h3-9,13-16,18-19,22-23,25-26,32-33,35,39,44H,10-12,17,20-21,24,27-31,34,51H2,1-2H3,(H,55,62)(H4,52,53,54)/t39-,44-/m1/s1. The number of unbranched alkanes of at least 4 members (excludes halogenated alkanes) is 1. The number of aliphatic imine (C=N–C) groups is 1. The first kappa shape index (κ1) is 45.2. The highest BCUT2D eigenvalue weighted by molar-refractivity contribution is 6.09. The number of hydrogen-bond donors (Lipinski definition) is 4. The number of guanidine groups is 1. The van der Waals surface area contributed by atoms with Gasteiger partial charge >= 0.3 is 0 Å². The Morgan fingerprint density at radius 2 is 1.39 bits per heavy atom. The molecule has 7 rings (SSSR count). The molecule has 0 radical (unpaired) electrons. The van der Waals surface area contributed by atoms with E-state index in [0.29, 0.717) is 69.3 Å². The predicted octanol–water partition coefficient (Wildman–Crippen LogP) is 7.54. The van der Waals surface area contributed by atoms with Crippen LogP contribution in [0, 0.1) is 5.92 Å². The van der Waals surface area contributed by atoms with Crippen LogP contribution in [0.25, 0.3) is 32.7 Å². The van der Waals surface area contributed by atoms with Crippen molar-refractivity contribution in [2.24, 2.45) is 28.1 Å². The zero-order valence-corrected chi connectivity index (χ0v) is 37.0. The lowest BCUT2D eigenvalue weighted by atomic mass is 9.92. The molecule has 64 heavy (non-hydrogen) atoms. The average molecular weight is 864 g/mol. The molecular formula is C50H61N11O3. The largest absolute Gasteiger partial charge is 0.493 e. The second kappa shape index (κ2) is 22.5. The van der Waals surface area contributed by atoms with E-state index < -0.39 is 6.04 Å². The Kier molecular flexibility index (Phi) is 15.9. The van der Waals surface area contributed by atoms with Crippen molar-refractivity contribution in [2.45, 2.75) is 90.4 Å². The van der Waals surface area contributed by atoms with Crippen molar-refractivity contribution in [3.05, 3.63) is 132 Å². The molecule has 2 atom stereocenters. The van der Waals surface area contributed by atoms with Crippen molar-refractivity contribution in [1.82, 2.24) is 35.3 Å². The topological polar surface area (TPSA) is 199 Å². The monoisotopic (exact) mass is 863 g/mol. The Labute approximate surface area is 375 Å². The van der Waals surface area contributed by atoms with E-state index in [9.17, 15) is 4.79 Å². The van der Waals surface area contributed by atoms with Crippen LogP contribution in [-0.2, 0) is 30.8 Å². The molecule has 0 aliphatic heterocycles. The SMILES string of the molecule is CC(C)CCOc1ccc2ccccc2c1-c1c(OCc2cn(C[C@@H](CCCCN)NC(=O)[C@@H](CCCN=C(N)N)n3cc(CCc4ccccc4)nn3)nn2)ccc2ccccc12. The summed E-state index contributed by atoms with van der Waals surface area (Å²) in [6.45, 7) is 6.55. The van der Waals surface area contributed by atoms with Crippen LogP contribution in [0.2, 0.25) is 0 Å². The van der Waals surface area contributed by atoms with Gasteiger partial charge < -0.3 is 32.0 Å². The summed E-state index contributed by atoms with van der Waals surface area (Å²) in [5.74, 6) is 1.89. The summed E-state index contributed by atoms with van der Waals surface area (Å²) >= 11 is 0. The molecule has 14 heteroatoms. The molecule has 334 valence electrons. The van der Waals surface area contributed by atoms with Crippen molar-refractivity contribution in [2.75, 3.05) is 19.7 Å². The summed E-state index contributed by atoms with van der Waals surface area (Å²) in [7, 11) is 0. The van der Waals surface area contributed by atoms with Crippen LogP contribution in [0.4, 0.5) is 0 Å². The molecule has 0 unspecified atom stereocenters. The number of hydrogen-bond acceptors (Lipinski definition) is 9. The first-order valence-electron chi connectivity index (χ1n) is 22.4. The number of nitrogens with one attached hydrogen (secondary N) is 1. The van der Waals surface area contributed by atoms with Crippen LogP contribution in [0.3, 0.4) is 0 Å². The van der Waals surface area contributed by atoms with E-state index in [-0.39, 0.29) is 24.5 Å². The second-order valence-corrected chi connectivity index (χ2v) is 16.7. The highest BCUT2D eigenvalue weighted by Gasteiger charge is 2.26. The van der Waals surface area contributed by atoms with Crippen molar-refractivity contribution >= 4 is 33.4 Å². The molecular weight excluding hydrogens is 803 g/mol. The minimum absolute atomic E-state index is 0.0151. The number of carbonyl (C=O) groups excluding carboxylic acids is 1. The zero-order valence-electron chi connectivity index (χ0n) is 37.0. The minimum Gasteiger partial charge on any atom is -0.493 e. The molecule has 0 aliphatic rings. The van der Waals surface area contributed by atoms with E-state index in [2.05, 4.69) is 118 Å². The third-order valence-electron chi connectivity index (χ3n) is 11.3. The average Bonchev–Trinajstić information content (AvgIpc) is 3.97. The molecule has 0 bridgehead atoms. The van der Waals surface area contributed by atoms with Gasteiger partial charge in [-0.05, 0) is 96.6 Å². The van der Waals surface area contributed by atoms with Crippen molar-refractivity contribution in [1.29, 1.82) is 0 Å². The third kappa shape index (κ3) is 12.2. The van der Waals surface area contributed by atoms with E-state index in [1.807, 2.05) is 42.7 Å². The molecule has 14 nitrogen and oxygen atoms in total. The number of amides is 1. The van der Waals surface area contributed by atoms with E-state index in [1.165, 1.54) is 5.56 Å². The Morgan fingerprint density at radius 1 is 0.719 bits per heavy atom. The van der Waals surface area contributed by atoms with Gasteiger partial charge in [0, 0.05) is 29.9 Å². The van der Waals surface area contributed by atoms with Crippen LogP contribution in [0.1, 0.15) is 75.4 Å². The number of fused-ring (bicyclic) bond motifs is 2. The fourth-order valence-corrected chi connectivity index (χ4v) is 7.95. The second-order valence-electron chi connectivity index (χ2n) is 16.7. The molecule has 0 spiro atoms. The number of carbonyl (C=O) groups is 1. The van der Waals surface area contributed by atoms with Crippen LogP contribution >= 0.6 is 0 Å². The molecule has 0 aliphatic carbocycles. The maximum absolute atomic E-state index is 14.2. The fraction of sp³-hybridized carbons (Fsp3) is 0.360. The van der Waals surface area contributed by atoms with E-state index >= 15 is 0 Å². The van der Waals surface area contributed by atoms with Gasteiger partial charge in [-0.25, -0.2) is 4.68 Å². The van der Waals surface area contributed by atoms with Crippen molar-refractivity contribution in [3.63, 3.8) is 0 Å². The molecule has 0 fully saturated rings. The predicted molar refractivity (Wildman–Crippen MR) is 254 cm³/mol. The van der Waals surface area contributed by atoms with Crippen LogP contribution in [0.5, 0.6) is 11.5 Å². The van der Waals surface area contributed by atoms with Gasteiger partial charge in [-0.1, -0.05) is 122 Å². The molecule has 0 saturated carbocycles. The summed E-state index contributed by atoms with van der Waals surface area (Å²) < 4.78 is 16.7. The lowest BCUT2D eigenvalue weighted by Crippen LogP contribution is -2.42. The van der Waals surface area contributed by atoms with Crippen LogP contribution in [0.15, 0.2) is 121 Å². The Bertz CT molecular complexity index is 2600. The van der Waals surface area contributed by atoms with Crippen molar-refractivity contribution < 1.29 is 14.3 Å². The normalized spacial score (nSPS) is 12.4. The van der Waals surface area contributed by atoms with Gasteiger partial charge in [0.2, 0.25) is 5.91 Å². The van der Waals surface area contributed by atoms with Gasteiger partial charge in [-0.15, -0.1) is 10.2 Å². The van der Waals surface area contributed by atoms with Crippen LogP contribution < -0.4 is 32.0 Å². The Balaban J connectivity index is 1.09. The summed E-state index contributed by atoms with van der Waals surface area (Å²) in [5.41, 5.74) is 21.7. The van der Waals surface area contributed by atoms with Gasteiger partial charge in [0.15, 0.2) is 5.96 Å². The van der Waals surface area contributed by atoms with E-state index in [0.717, 1.165) is 69.8 Å². The van der Waals surface area contributed by atoms with E-state index in [1.54, 1.807) is 9.36 Å².